The van der Waals surface area contributed by atoms with E-state index < -0.39 is 40.6 Å². The second kappa shape index (κ2) is 9.54. The summed E-state index contributed by atoms with van der Waals surface area (Å²) in [6.07, 6.45) is 0.693. The van der Waals surface area contributed by atoms with E-state index >= 15 is 0 Å². The average Bonchev–Trinajstić information content (AvgIpc) is 3.40. The highest BCUT2D eigenvalue weighted by Crippen LogP contribution is 2.52. The Kier molecular flexibility index (Phi) is 6.69. The number of halogens is 2. The van der Waals surface area contributed by atoms with Gasteiger partial charge in [0, 0.05) is 46.3 Å². The number of rotatable bonds is 6. The fourth-order valence-corrected chi connectivity index (χ4v) is 6.12. The molecule has 3 heterocycles. The molecule has 0 aliphatic carbocycles. The summed E-state index contributed by atoms with van der Waals surface area (Å²) in [5, 5.41) is 10.4. The van der Waals surface area contributed by atoms with Crippen LogP contribution in [0.15, 0.2) is 53.7 Å². The highest BCUT2D eigenvalue weighted by molar-refractivity contribution is 5.96. The van der Waals surface area contributed by atoms with E-state index in [-0.39, 0.29) is 12.0 Å². The maximum absolute atomic E-state index is 14.0. The second-order valence-corrected chi connectivity index (χ2v) is 12.7. The Labute approximate surface area is 233 Å². The molecular formula is C32H36F2N2O4. The van der Waals surface area contributed by atoms with Crippen LogP contribution in [-0.4, -0.2) is 39.7 Å². The van der Waals surface area contributed by atoms with Crippen LogP contribution in [0.4, 0.5) is 14.6 Å². The lowest BCUT2D eigenvalue weighted by atomic mass is 9.62. The molecule has 0 bridgehead atoms. The van der Waals surface area contributed by atoms with E-state index in [1.54, 1.807) is 6.07 Å². The number of fused-ring (bicyclic) bond motifs is 2. The molecule has 0 radical (unpaired) electrons. The summed E-state index contributed by atoms with van der Waals surface area (Å²) in [4.78, 5) is 17.7. The van der Waals surface area contributed by atoms with Gasteiger partial charge in [-0.25, -0.2) is 18.6 Å². The number of hydrogen-bond acceptors (Lipinski definition) is 4. The lowest BCUT2D eigenvalue weighted by molar-refractivity contribution is -0.165. The van der Waals surface area contributed by atoms with Gasteiger partial charge in [-0.05, 0) is 63.1 Å². The van der Waals surface area contributed by atoms with Crippen LogP contribution >= 0.6 is 0 Å². The lowest BCUT2D eigenvalue weighted by Gasteiger charge is -2.45. The van der Waals surface area contributed by atoms with Gasteiger partial charge in [-0.15, -0.1) is 0 Å². The van der Waals surface area contributed by atoms with Crippen molar-refractivity contribution >= 4 is 17.5 Å². The molecule has 2 unspecified atom stereocenters. The maximum atomic E-state index is 14.0. The second-order valence-electron chi connectivity index (χ2n) is 12.7. The molecule has 8 heteroatoms. The Morgan fingerprint density at radius 3 is 2.50 bits per heavy atom. The molecule has 0 amide bonds. The first-order valence-corrected chi connectivity index (χ1v) is 13.5. The fourth-order valence-electron chi connectivity index (χ4n) is 6.12. The summed E-state index contributed by atoms with van der Waals surface area (Å²) >= 11 is 0. The number of carboxylic acids is 1. The summed E-state index contributed by atoms with van der Waals surface area (Å²) in [6.45, 7) is 14.5. The van der Waals surface area contributed by atoms with Gasteiger partial charge in [-0.2, -0.15) is 0 Å². The number of carboxylic acid groups (broad SMARTS) is 1. The molecule has 3 atom stereocenters. The van der Waals surface area contributed by atoms with Crippen molar-refractivity contribution in [3.05, 3.63) is 82.5 Å². The zero-order valence-electron chi connectivity index (χ0n) is 24.0. The van der Waals surface area contributed by atoms with Crippen LogP contribution in [0.25, 0.3) is 0 Å². The predicted molar refractivity (Wildman–Crippen MR) is 150 cm³/mol. The molecular weight excluding hydrogens is 514 g/mol. The Morgan fingerprint density at radius 1 is 1.12 bits per heavy atom. The van der Waals surface area contributed by atoms with Crippen molar-refractivity contribution in [2.24, 2.45) is 10.9 Å². The number of aromatic nitrogens is 1. The van der Waals surface area contributed by atoms with Crippen LogP contribution in [0.1, 0.15) is 70.7 Å². The molecule has 1 aromatic heterocycles. The number of aliphatic carboxylic acids is 1. The lowest BCUT2D eigenvalue weighted by Crippen LogP contribution is -2.52. The SMILES string of the molecule is CC1=Nc2c(ccn2Cc2ccc(F)c(F)c2)C(C)(c2ccc3c(c2)C(C)(C)CO3)C1[C@H](OC(C)(C)C)C(=O)O. The molecule has 0 saturated carbocycles. The van der Waals surface area contributed by atoms with Crippen LogP contribution in [0.5, 0.6) is 5.75 Å². The molecule has 6 nitrogen and oxygen atoms in total. The Hall–Kier alpha value is -3.52. The maximum Gasteiger partial charge on any atom is 0.333 e. The average molecular weight is 551 g/mol. The van der Waals surface area contributed by atoms with Gasteiger partial charge in [0.05, 0.1) is 12.2 Å². The first kappa shape index (κ1) is 28.0. The van der Waals surface area contributed by atoms with Gasteiger partial charge < -0.3 is 19.1 Å². The van der Waals surface area contributed by atoms with Gasteiger partial charge in [0.1, 0.15) is 11.6 Å². The summed E-state index contributed by atoms with van der Waals surface area (Å²) in [5.41, 5.74) is 2.28. The number of aliphatic imine (C=N–C) groups is 1. The van der Waals surface area contributed by atoms with Gasteiger partial charge in [0.2, 0.25) is 0 Å². The van der Waals surface area contributed by atoms with Crippen molar-refractivity contribution in [1.29, 1.82) is 0 Å². The van der Waals surface area contributed by atoms with Crippen molar-refractivity contribution in [2.75, 3.05) is 6.61 Å². The van der Waals surface area contributed by atoms with Gasteiger partial charge in [-0.1, -0.05) is 39.0 Å². The Morgan fingerprint density at radius 2 is 1.85 bits per heavy atom. The molecule has 0 fully saturated rings. The molecule has 1 N–H and O–H groups in total. The topological polar surface area (TPSA) is 73.0 Å². The zero-order chi connectivity index (χ0) is 29.2. The number of hydrogen-bond donors (Lipinski definition) is 1. The van der Waals surface area contributed by atoms with E-state index in [2.05, 4.69) is 19.9 Å². The molecule has 0 spiro atoms. The fraction of sp³-hybridized carbons (Fsp3) is 0.438. The number of ether oxygens (including phenoxy) is 2. The van der Waals surface area contributed by atoms with E-state index in [0.717, 1.165) is 28.5 Å². The smallest absolute Gasteiger partial charge is 0.333 e. The molecule has 5 rings (SSSR count). The standard InChI is InChI=1S/C32H36F2N2O4/c1-18-26(27(29(37)38)40-30(2,3)4)32(7,20-9-11-25-22(15-20)31(5,6)17-39-25)21-12-13-36(28(21)35-18)16-19-8-10-23(33)24(34)14-19/h8-15,26-27H,16-17H2,1-7H3,(H,37,38)/t26?,27-,32?/m0/s1. The number of nitrogens with zero attached hydrogens (tertiary/aromatic N) is 2. The molecule has 3 aromatic rings. The summed E-state index contributed by atoms with van der Waals surface area (Å²) in [5.74, 6) is -2.02. The minimum Gasteiger partial charge on any atom is -0.492 e. The molecule has 2 aliphatic rings. The van der Waals surface area contributed by atoms with Gasteiger partial charge in [-0.3, -0.25) is 0 Å². The Bertz CT molecular complexity index is 1520. The largest absolute Gasteiger partial charge is 0.492 e. The van der Waals surface area contributed by atoms with Crippen molar-refractivity contribution in [2.45, 2.75) is 77.5 Å². The summed E-state index contributed by atoms with van der Waals surface area (Å²) < 4.78 is 41.6. The van der Waals surface area contributed by atoms with Gasteiger partial charge in [0.25, 0.3) is 0 Å². The van der Waals surface area contributed by atoms with E-state index in [4.69, 9.17) is 14.5 Å². The first-order valence-electron chi connectivity index (χ1n) is 13.5. The molecule has 2 aromatic carbocycles. The highest BCUT2D eigenvalue weighted by atomic mass is 19.2. The van der Waals surface area contributed by atoms with Crippen LogP contribution in [0.3, 0.4) is 0 Å². The zero-order valence-corrected chi connectivity index (χ0v) is 24.0. The third kappa shape index (κ3) is 4.72. The quantitative estimate of drug-likeness (QED) is 0.367. The predicted octanol–water partition coefficient (Wildman–Crippen LogP) is 6.78. The summed E-state index contributed by atoms with van der Waals surface area (Å²) in [6, 6.07) is 11.9. The van der Waals surface area contributed by atoms with E-state index in [1.807, 2.05) is 63.6 Å². The minimum atomic E-state index is -1.17. The molecule has 212 valence electrons. The monoisotopic (exact) mass is 550 g/mol. The highest BCUT2D eigenvalue weighted by Gasteiger charge is 2.52. The number of benzene rings is 2. The van der Waals surface area contributed by atoms with E-state index in [9.17, 15) is 18.7 Å². The third-order valence-corrected chi connectivity index (χ3v) is 8.11. The molecule has 2 aliphatic heterocycles. The molecule has 40 heavy (non-hydrogen) atoms. The minimum absolute atomic E-state index is 0.204. The van der Waals surface area contributed by atoms with E-state index in [0.29, 0.717) is 23.7 Å². The van der Waals surface area contributed by atoms with Gasteiger partial charge >= 0.3 is 5.97 Å². The van der Waals surface area contributed by atoms with Crippen molar-refractivity contribution in [3.63, 3.8) is 0 Å². The van der Waals surface area contributed by atoms with Crippen LogP contribution < -0.4 is 4.74 Å². The van der Waals surface area contributed by atoms with Crippen LogP contribution in [0, 0.1) is 17.6 Å². The van der Waals surface area contributed by atoms with Crippen LogP contribution in [0.2, 0.25) is 0 Å². The van der Waals surface area contributed by atoms with Crippen molar-refractivity contribution in [3.8, 4) is 5.75 Å². The number of carbonyl (C=O) groups is 1. The van der Waals surface area contributed by atoms with Crippen molar-refractivity contribution < 1.29 is 28.2 Å². The van der Waals surface area contributed by atoms with Crippen LogP contribution in [-0.2, 0) is 26.9 Å². The Balaban J connectivity index is 1.70. The first-order chi connectivity index (χ1) is 18.6. The molecule has 0 saturated heterocycles. The summed E-state index contributed by atoms with van der Waals surface area (Å²) in [7, 11) is 0. The van der Waals surface area contributed by atoms with Crippen molar-refractivity contribution in [1.82, 2.24) is 4.57 Å². The third-order valence-electron chi connectivity index (χ3n) is 8.11. The normalized spacial score (nSPS) is 22.2. The van der Waals surface area contributed by atoms with E-state index in [1.165, 1.54) is 6.07 Å². The van der Waals surface area contributed by atoms with Gasteiger partial charge in [0.15, 0.2) is 17.7 Å².